The maximum absolute atomic E-state index is 11.9. The lowest BCUT2D eigenvalue weighted by Crippen LogP contribution is -2.46. The van der Waals surface area contributed by atoms with Crippen LogP contribution in [0.5, 0.6) is 0 Å². The van der Waals surface area contributed by atoms with Gasteiger partial charge >= 0.3 is 0 Å². The lowest BCUT2D eigenvalue weighted by atomic mass is 10.0. The minimum atomic E-state index is -3.65. The topological polar surface area (TPSA) is 101 Å². The highest BCUT2D eigenvalue weighted by Crippen LogP contribution is 2.20. The molecule has 0 radical (unpaired) electrons. The second-order valence-electron chi connectivity index (χ2n) is 4.49. The molecule has 1 aromatic heterocycles. The molecule has 1 fully saturated rings. The summed E-state index contributed by atoms with van der Waals surface area (Å²) in [6.07, 6.45) is 3.00. The van der Waals surface area contributed by atoms with Crippen molar-refractivity contribution in [3.63, 3.8) is 0 Å². The van der Waals surface area contributed by atoms with Crippen LogP contribution in [0.15, 0.2) is 16.3 Å². The van der Waals surface area contributed by atoms with E-state index in [-0.39, 0.29) is 28.6 Å². The van der Waals surface area contributed by atoms with Gasteiger partial charge in [0.1, 0.15) is 4.21 Å². The van der Waals surface area contributed by atoms with Crippen LogP contribution in [-0.4, -0.2) is 26.9 Å². The zero-order chi connectivity index (χ0) is 13.9. The van der Waals surface area contributed by atoms with E-state index in [0.29, 0.717) is 6.54 Å². The Bertz CT molecular complexity index is 553. The second kappa shape index (κ2) is 7.37. The highest BCUT2D eigenvalue weighted by molar-refractivity contribution is 7.91. The molecular formula is C11H18ClN3O3S2. The van der Waals surface area contributed by atoms with E-state index in [0.717, 1.165) is 42.0 Å². The third kappa shape index (κ3) is 4.71. The summed E-state index contributed by atoms with van der Waals surface area (Å²) in [5.74, 6) is -0.0368. The monoisotopic (exact) mass is 339 g/mol. The molecule has 0 bridgehead atoms. The highest BCUT2D eigenvalue weighted by atomic mass is 35.5. The van der Waals surface area contributed by atoms with Crippen LogP contribution < -0.4 is 15.8 Å². The molecule has 20 heavy (non-hydrogen) atoms. The average molecular weight is 340 g/mol. The Morgan fingerprint density at radius 1 is 1.45 bits per heavy atom. The van der Waals surface area contributed by atoms with Crippen molar-refractivity contribution in [1.82, 2.24) is 10.6 Å². The molecule has 1 saturated heterocycles. The van der Waals surface area contributed by atoms with Crippen molar-refractivity contribution in [3.05, 3.63) is 17.0 Å². The molecule has 4 N–H and O–H groups in total. The van der Waals surface area contributed by atoms with Gasteiger partial charge in [-0.2, -0.15) is 0 Å². The molecule has 114 valence electrons. The molecule has 1 aromatic rings. The molecule has 1 atom stereocenters. The standard InChI is InChI=1S/C11H17N3O3S2.ClH/c12-19(16,17)10-5-4-8(18-10)7-14-11(15)9-3-1-2-6-13-9;/h4-5,9,13H,1-3,6-7H2,(H,14,15)(H2,12,16,17);1H. The van der Waals surface area contributed by atoms with E-state index >= 15 is 0 Å². The first-order valence-electron chi connectivity index (χ1n) is 6.09. The summed E-state index contributed by atoms with van der Waals surface area (Å²) in [5.41, 5.74) is 0. The number of thiophene rings is 1. The third-order valence-electron chi connectivity index (χ3n) is 2.98. The fourth-order valence-electron chi connectivity index (χ4n) is 1.98. The predicted molar refractivity (Wildman–Crippen MR) is 80.4 cm³/mol. The van der Waals surface area contributed by atoms with Gasteiger partial charge in [-0.3, -0.25) is 4.79 Å². The number of rotatable bonds is 4. The Balaban J connectivity index is 0.00000200. The van der Waals surface area contributed by atoms with Gasteiger partial charge in [-0.25, -0.2) is 13.6 Å². The summed E-state index contributed by atoms with van der Waals surface area (Å²) < 4.78 is 22.4. The molecule has 0 aromatic carbocycles. The van der Waals surface area contributed by atoms with Gasteiger partial charge in [0.25, 0.3) is 0 Å². The van der Waals surface area contributed by atoms with Crippen LogP contribution >= 0.6 is 23.7 Å². The zero-order valence-electron chi connectivity index (χ0n) is 10.8. The summed E-state index contributed by atoms with van der Waals surface area (Å²) in [6.45, 7) is 1.20. The van der Waals surface area contributed by atoms with Gasteiger partial charge in [-0.05, 0) is 31.5 Å². The molecule has 9 heteroatoms. The van der Waals surface area contributed by atoms with Gasteiger partial charge in [-0.1, -0.05) is 6.42 Å². The number of carbonyl (C=O) groups is 1. The minimum Gasteiger partial charge on any atom is -0.350 e. The average Bonchev–Trinajstić information content (AvgIpc) is 2.86. The molecular weight excluding hydrogens is 322 g/mol. The summed E-state index contributed by atoms with van der Waals surface area (Å²) in [4.78, 5) is 12.6. The van der Waals surface area contributed by atoms with E-state index < -0.39 is 10.0 Å². The van der Waals surface area contributed by atoms with Gasteiger partial charge in [-0.15, -0.1) is 23.7 Å². The third-order valence-corrected chi connectivity index (χ3v) is 5.50. The Morgan fingerprint density at radius 2 is 2.20 bits per heavy atom. The van der Waals surface area contributed by atoms with Gasteiger partial charge in [0.2, 0.25) is 15.9 Å². The lowest BCUT2D eigenvalue weighted by Gasteiger charge is -2.22. The number of hydrogen-bond acceptors (Lipinski definition) is 5. The van der Waals surface area contributed by atoms with Crippen LogP contribution in [0, 0.1) is 0 Å². The largest absolute Gasteiger partial charge is 0.350 e. The fourth-order valence-corrected chi connectivity index (χ4v) is 3.70. The first kappa shape index (κ1) is 17.4. The van der Waals surface area contributed by atoms with Crippen molar-refractivity contribution in [2.75, 3.05) is 6.54 Å². The quantitative estimate of drug-likeness (QED) is 0.746. The van der Waals surface area contributed by atoms with Crippen LogP contribution in [0.4, 0.5) is 0 Å². The number of nitrogens with two attached hydrogens (primary N) is 1. The highest BCUT2D eigenvalue weighted by Gasteiger charge is 2.20. The van der Waals surface area contributed by atoms with Crippen molar-refractivity contribution in [3.8, 4) is 0 Å². The zero-order valence-corrected chi connectivity index (χ0v) is 13.2. The van der Waals surface area contributed by atoms with E-state index in [9.17, 15) is 13.2 Å². The summed E-state index contributed by atoms with van der Waals surface area (Å²) >= 11 is 1.08. The number of sulfonamides is 1. The van der Waals surface area contributed by atoms with Crippen molar-refractivity contribution >= 4 is 39.7 Å². The molecule has 0 saturated carbocycles. The first-order valence-corrected chi connectivity index (χ1v) is 8.46. The van der Waals surface area contributed by atoms with Gasteiger partial charge in [0.15, 0.2) is 0 Å². The van der Waals surface area contributed by atoms with Crippen molar-refractivity contribution in [2.24, 2.45) is 5.14 Å². The predicted octanol–water partition coefficient (Wildman–Crippen LogP) is 0.576. The number of nitrogens with one attached hydrogen (secondary N) is 2. The first-order chi connectivity index (χ1) is 8.97. The molecule has 6 nitrogen and oxygen atoms in total. The number of carbonyl (C=O) groups excluding carboxylic acids is 1. The van der Waals surface area contributed by atoms with Crippen LogP contribution in [-0.2, 0) is 21.4 Å². The number of halogens is 1. The smallest absolute Gasteiger partial charge is 0.247 e. The number of amides is 1. The van der Waals surface area contributed by atoms with E-state index in [1.807, 2.05) is 0 Å². The van der Waals surface area contributed by atoms with Crippen molar-refractivity contribution in [2.45, 2.75) is 36.1 Å². The van der Waals surface area contributed by atoms with E-state index in [1.54, 1.807) is 6.07 Å². The Hall–Kier alpha value is -0.670. The van der Waals surface area contributed by atoms with Crippen molar-refractivity contribution in [1.29, 1.82) is 0 Å². The van der Waals surface area contributed by atoms with Crippen molar-refractivity contribution < 1.29 is 13.2 Å². The van der Waals surface area contributed by atoms with Crippen LogP contribution in [0.1, 0.15) is 24.1 Å². The van der Waals surface area contributed by atoms with Crippen LogP contribution in [0.25, 0.3) is 0 Å². The van der Waals surface area contributed by atoms with E-state index in [4.69, 9.17) is 5.14 Å². The number of primary sulfonamides is 1. The number of hydrogen-bond donors (Lipinski definition) is 3. The maximum Gasteiger partial charge on any atom is 0.247 e. The molecule has 0 aliphatic carbocycles. The van der Waals surface area contributed by atoms with E-state index in [1.165, 1.54) is 6.07 Å². The molecule has 1 aliphatic rings. The molecule has 2 heterocycles. The summed E-state index contributed by atoms with van der Waals surface area (Å²) in [5, 5.41) is 11.0. The van der Waals surface area contributed by atoms with Crippen LogP contribution in [0.2, 0.25) is 0 Å². The second-order valence-corrected chi connectivity index (χ2v) is 7.44. The SMILES string of the molecule is Cl.NS(=O)(=O)c1ccc(CNC(=O)C2CCCCN2)s1. The maximum atomic E-state index is 11.9. The minimum absolute atomic E-state index is 0. The molecule has 1 aliphatic heterocycles. The van der Waals surface area contributed by atoms with E-state index in [2.05, 4.69) is 10.6 Å². The normalized spacial score (nSPS) is 19.1. The lowest BCUT2D eigenvalue weighted by molar-refractivity contribution is -0.123. The summed E-state index contributed by atoms with van der Waals surface area (Å²) in [6, 6.07) is 2.99. The van der Waals surface area contributed by atoms with Gasteiger partial charge < -0.3 is 10.6 Å². The Morgan fingerprint density at radius 3 is 2.75 bits per heavy atom. The molecule has 1 unspecified atom stereocenters. The Kier molecular flexibility index (Phi) is 6.41. The summed E-state index contributed by atoms with van der Waals surface area (Å²) in [7, 11) is -3.65. The molecule has 0 spiro atoms. The Labute approximate surface area is 128 Å². The van der Waals surface area contributed by atoms with Crippen LogP contribution in [0.3, 0.4) is 0 Å². The van der Waals surface area contributed by atoms with Gasteiger partial charge in [0, 0.05) is 4.88 Å². The van der Waals surface area contributed by atoms with Gasteiger partial charge in [0.05, 0.1) is 12.6 Å². The fraction of sp³-hybridized carbons (Fsp3) is 0.545. The number of piperidine rings is 1. The molecule has 2 rings (SSSR count). The molecule has 1 amide bonds.